The van der Waals surface area contributed by atoms with E-state index < -0.39 is 17.8 Å². The van der Waals surface area contributed by atoms with E-state index in [2.05, 4.69) is 10.3 Å². The standard InChI is InChI=1S/C40H41FN4O5/c1-24-5-11-34(25(2)17-24)40(49)50-33-9-6-27(7-10-33)22-43-37(46)31-18-28(19-32(41)20-31)23-45-26(3)38(47)44(4)36-21-30(8-12-35(36)39(45)48)29-13-15-42-16-14-29/h5,8,11-21,26-27,33H,6-7,9-10,22-23H2,1-4H3,(H,43,46)/t26-,27?,33?/m1/s1. The zero-order valence-corrected chi connectivity index (χ0v) is 28.7. The summed E-state index contributed by atoms with van der Waals surface area (Å²) in [6.07, 6.45) is 6.14. The highest BCUT2D eigenvalue weighted by Gasteiger charge is 2.36. The molecule has 1 fully saturated rings. The number of nitrogens with zero attached hydrogens (tertiary/aromatic N) is 3. The fourth-order valence-electron chi connectivity index (χ4n) is 6.91. The maximum absolute atomic E-state index is 14.9. The molecule has 0 unspecified atom stereocenters. The van der Waals surface area contributed by atoms with Gasteiger partial charge in [0.1, 0.15) is 18.0 Å². The Morgan fingerprint density at radius 1 is 0.920 bits per heavy atom. The molecule has 6 rings (SSSR count). The first-order valence-corrected chi connectivity index (χ1v) is 17.0. The number of aryl methyl sites for hydroxylation is 2. The minimum absolute atomic E-state index is 0.0615. The van der Waals surface area contributed by atoms with Gasteiger partial charge in [0.2, 0.25) is 5.91 Å². The van der Waals surface area contributed by atoms with Crippen LogP contribution in [0.15, 0.2) is 79.1 Å². The van der Waals surface area contributed by atoms with Crippen LogP contribution in [0.1, 0.15) is 80.4 Å². The number of hydrogen-bond donors (Lipinski definition) is 1. The van der Waals surface area contributed by atoms with Crippen LogP contribution in [-0.2, 0) is 16.1 Å². The first-order valence-electron chi connectivity index (χ1n) is 17.0. The van der Waals surface area contributed by atoms with Gasteiger partial charge < -0.3 is 19.9 Å². The summed E-state index contributed by atoms with van der Waals surface area (Å²) < 4.78 is 20.7. The van der Waals surface area contributed by atoms with Crippen molar-refractivity contribution in [1.82, 2.24) is 15.2 Å². The number of carbonyl (C=O) groups excluding carboxylic acids is 4. The van der Waals surface area contributed by atoms with E-state index >= 15 is 0 Å². The van der Waals surface area contributed by atoms with Crippen molar-refractivity contribution in [1.29, 1.82) is 0 Å². The molecule has 1 atom stereocenters. The first-order chi connectivity index (χ1) is 24.0. The van der Waals surface area contributed by atoms with E-state index in [1.807, 2.05) is 50.2 Å². The van der Waals surface area contributed by atoms with Gasteiger partial charge in [-0.2, -0.15) is 0 Å². The third-order valence-electron chi connectivity index (χ3n) is 9.81. The Balaban J connectivity index is 1.08. The lowest BCUT2D eigenvalue weighted by atomic mass is 9.87. The Morgan fingerprint density at radius 3 is 2.38 bits per heavy atom. The van der Waals surface area contributed by atoms with Crippen molar-refractivity contribution in [3.05, 3.63) is 118 Å². The van der Waals surface area contributed by atoms with Crippen LogP contribution in [0.4, 0.5) is 10.1 Å². The molecular formula is C40H41FN4O5. The molecule has 3 aromatic carbocycles. The van der Waals surface area contributed by atoms with Crippen molar-refractivity contribution in [2.75, 3.05) is 18.5 Å². The number of amides is 3. The van der Waals surface area contributed by atoms with Crippen LogP contribution < -0.4 is 10.2 Å². The number of likely N-dealkylation sites (N-methyl/N-ethyl adjacent to an activating group) is 1. The quantitative estimate of drug-likeness (QED) is 0.209. The van der Waals surface area contributed by atoms with Gasteiger partial charge in [0.05, 0.1) is 16.8 Å². The second-order valence-electron chi connectivity index (χ2n) is 13.4. The van der Waals surface area contributed by atoms with E-state index in [4.69, 9.17) is 4.74 Å². The molecule has 258 valence electrons. The molecule has 4 aromatic rings. The fraction of sp³-hybridized carbons (Fsp3) is 0.325. The average molecular weight is 677 g/mol. The van der Waals surface area contributed by atoms with Gasteiger partial charge in [-0.05, 0) is 123 Å². The number of ether oxygens (including phenoxy) is 1. The molecule has 1 aliphatic carbocycles. The first kappa shape index (κ1) is 34.5. The molecule has 2 heterocycles. The Bertz CT molecular complexity index is 1940. The topological polar surface area (TPSA) is 109 Å². The summed E-state index contributed by atoms with van der Waals surface area (Å²) in [6.45, 7) is 5.88. The number of nitrogens with one attached hydrogen (secondary N) is 1. The van der Waals surface area contributed by atoms with Crippen molar-refractivity contribution < 1.29 is 28.3 Å². The van der Waals surface area contributed by atoms with Crippen molar-refractivity contribution >= 4 is 29.4 Å². The number of halogens is 1. The van der Waals surface area contributed by atoms with Gasteiger partial charge in [-0.15, -0.1) is 0 Å². The summed E-state index contributed by atoms with van der Waals surface area (Å²) in [5.74, 6) is -1.80. The highest BCUT2D eigenvalue weighted by Crippen LogP contribution is 2.33. The Morgan fingerprint density at radius 2 is 1.66 bits per heavy atom. The zero-order chi connectivity index (χ0) is 35.5. The Labute approximate surface area is 291 Å². The molecule has 2 aliphatic rings. The molecule has 0 saturated heterocycles. The summed E-state index contributed by atoms with van der Waals surface area (Å²) in [7, 11) is 1.64. The SMILES string of the molecule is Cc1ccc(C(=O)OC2CCC(CNC(=O)c3cc(F)cc(CN4C(=O)c5ccc(-c6ccncc6)cc5N(C)C(=O)[C@H]4C)c3)CC2)c(C)c1. The van der Waals surface area contributed by atoms with Crippen molar-refractivity contribution in [2.24, 2.45) is 5.92 Å². The minimum Gasteiger partial charge on any atom is -0.459 e. The lowest BCUT2D eigenvalue weighted by molar-refractivity contribution is -0.122. The van der Waals surface area contributed by atoms with Crippen LogP contribution in [0.3, 0.4) is 0 Å². The lowest BCUT2D eigenvalue weighted by Crippen LogP contribution is -2.45. The molecule has 0 bridgehead atoms. The molecule has 0 spiro atoms. The summed E-state index contributed by atoms with van der Waals surface area (Å²) in [5.41, 5.74) is 5.66. The Kier molecular flexibility index (Phi) is 10.1. The molecular weight excluding hydrogens is 635 g/mol. The van der Waals surface area contributed by atoms with Crippen LogP contribution in [0, 0.1) is 25.6 Å². The lowest BCUT2D eigenvalue weighted by Gasteiger charge is -2.28. The van der Waals surface area contributed by atoms with Crippen LogP contribution >= 0.6 is 0 Å². The van der Waals surface area contributed by atoms with Crippen molar-refractivity contribution in [3.63, 3.8) is 0 Å². The van der Waals surface area contributed by atoms with Crippen molar-refractivity contribution in [3.8, 4) is 11.1 Å². The van der Waals surface area contributed by atoms with E-state index in [9.17, 15) is 23.6 Å². The molecule has 10 heteroatoms. The van der Waals surface area contributed by atoms with Crippen LogP contribution in [0.5, 0.6) is 0 Å². The second kappa shape index (κ2) is 14.6. The third kappa shape index (κ3) is 7.44. The number of anilines is 1. The van der Waals surface area contributed by atoms with Crippen LogP contribution in [0.25, 0.3) is 11.1 Å². The fourth-order valence-corrected chi connectivity index (χ4v) is 6.91. The number of benzene rings is 3. The molecule has 1 aliphatic heterocycles. The van der Waals surface area contributed by atoms with Crippen LogP contribution in [-0.4, -0.2) is 59.3 Å². The van der Waals surface area contributed by atoms with Gasteiger partial charge in [-0.25, -0.2) is 9.18 Å². The second-order valence-corrected chi connectivity index (χ2v) is 13.4. The average Bonchev–Trinajstić information content (AvgIpc) is 3.17. The molecule has 9 nitrogen and oxygen atoms in total. The van der Waals surface area contributed by atoms with E-state index in [1.54, 1.807) is 44.6 Å². The summed E-state index contributed by atoms with van der Waals surface area (Å²) in [4.78, 5) is 60.3. The summed E-state index contributed by atoms with van der Waals surface area (Å²) >= 11 is 0. The number of rotatable bonds is 8. The monoisotopic (exact) mass is 676 g/mol. The minimum atomic E-state index is -0.833. The largest absolute Gasteiger partial charge is 0.459 e. The van der Waals surface area contributed by atoms with Crippen LogP contribution in [0.2, 0.25) is 0 Å². The molecule has 1 aromatic heterocycles. The number of aromatic nitrogens is 1. The zero-order valence-electron chi connectivity index (χ0n) is 28.7. The number of pyridine rings is 1. The molecule has 50 heavy (non-hydrogen) atoms. The molecule has 0 radical (unpaired) electrons. The van der Waals surface area contributed by atoms with Gasteiger partial charge in [0.25, 0.3) is 11.8 Å². The maximum Gasteiger partial charge on any atom is 0.338 e. The number of fused-ring (bicyclic) bond motifs is 1. The molecule has 1 saturated carbocycles. The molecule has 3 amide bonds. The number of carbonyl (C=O) groups is 4. The predicted octanol–water partition coefficient (Wildman–Crippen LogP) is 6.66. The maximum atomic E-state index is 14.9. The van der Waals surface area contributed by atoms with Gasteiger partial charge in [0, 0.05) is 38.1 Å². The van der Waals surface area contributed by atoms with Crippen molar-refractivity contribution in [2.45, 2.75) is 65.1 Å². The van der Waals surface area contributed by atoms with E-state index in [0.29, 0.717) is 41.8 Å². The third-order valence-corrected chi connectivity index (χ3v) is 9.81. The van der Waals surface area contributed by atoms with Gasteiger partial charge in [-0.3, -0.25) is 19.4 Å². The summed E-state index contributed by atoms with van der Waals surface area (Å²) in [5, 5.41) is 2.93. The summed E-state index contributed by atoms with van der Waals surface area (Å²) in [6, 6.07) is 17.9. The highest BCUT2D eigenvalue weighted by molar-refractivity contribution is 6.11. The smallest absolute Gasteiger partial charge is 0.338 e. The van der Waals surface area contributed by atoms with Gasteiger partial charge in [-0.1, -0.05) is 23.8 Å². The Hall–Kier alpha value is -5.38. The highest BCUT2D eigenvalue weighted by atomic mass is 19.1. The number of esters is 1. The van der Waals surface area contributed by atoms with Gasteiger partial charge in [0.15, 0.2) is 0 Å². The van der Waals surface area contributed by atoms with E-state index in [-0.39, 0.29) is 41.9 Å². The van der Waals surface area contributed by atoms with Gasteiger partial charge >= 0.3 is 5.97 Å². The van der Waals surface area contributed by atoms with E-state index in [1.165, 1.54) is 21.9 Å². The normalized spacial score (nSPS) is 19.1. The molecule has 1 N–H and O–H groups in total. The number of hydrogen-bond acceptors (Lipinski definition) is 6. The predicted molar refractivity (Wildman–Crippen MR) is 188 cm³/mol. The van der Waals surface area contributed by atoms with E-state index in [0.717, 1.165) is 35.1 Å².